The maximum Gasteiger partial charge on any atom is 0.258 e. The monoisotopic (exact) mass is 286 g/mol. The first kappa shape index (κ1) is 11.7. The van der Waals surface area contributed by atoms with Gasteiger partial charge < -0.3 is 15.1 Å². The normalized spacial score (nSPS) is 25.8. The van der Waals surface area contributed by atoms with Crippen LogP contribution in [0.15, 0.2) is 21.4 Å². The van der Waals surface area contributed by atoms with E-state index in [-0.39, 0.29) is 11.9 Å². The van der Waals surface area contributed by atoms with Gasteiger partial charge in [0.2, 0.25) is 0 Å². The SMILES string of the molecule is CC1CCN(C(=O)c2ccoc2Br)CC1N. The highest BCUT2D eigenvalue weighted by Gasteiger charge is 2.28. The maximum absolute atomic E-state index is 12.1. The van der Waals surface area contributed by atoms with Crippen LogP contribution in [-0.2, 0) is 0 Å². The Hall–Kier alpha value is -0.810. The smallest absolute Gasteiger partial charge is 0.258 e. The molecule has 0 radical (unpaired) electrons. The van der Waals surface area contributed by atoms with Gasteiger partial charge in [0.15, 0.2) is 4.67 Å². The second-order valence-electron chi connectivity index (χ2n) is 4.29. The summed E-state index contributed by atoms with van der Waals surface area (Å²) in [5.41, 5.74) is 6.54. The minimum absolute atomic E-state index is 0.0111. The number of rotatable bonds is 1. The van der Waals surface area contributed by atoms with E-state index in [9.17, 15) is 4.79 Å². The Balaban J connectivity index is 2.09. The van der Waals surface area contributed by atoms with Crippen molar-refractivity contribution < 1.29 is 9.21 Å². The quantitative estimate of drug-likeness (QED) is 0.857. The van der Waals surface area contributed by atoms with Crippen LogP contribution in [0.1, 0.15) is 23.7 Å². The number of hydrogen-bond donors (Lipinski definition) is 1. The van der Waals surface area contributed by atoms with Gasteiger partial charge in [0.25, 0.3) is 5.91 Å². The third-order valence-corrected chi connectivity index (χ3v) is 3.77. The second kappa shape index (κ2) is 4.59. The van der Waals surface area contributed by atoms with Crippen LogP contribution < -0.4 is 5.73 Å². The van der Waals surface area contributed by atoms with E-state index in [4.69, 9.17) is 10.2 Å². The molecule has 2 rings (SSSR count). The van der Waals surface area contributed by atoms with E-state index in [1.165, 1.54) is 6.26 Å². The van der Waals surface area contributed by atoms with Crippen molar-refractivity contribution in [2.24, 2.45) is 11.7 Å². The first-order valence-electron chi connectivity index (χ1n) is 5.37. The van der Waals surface area contributed by atoms with Crippen molar-refractivity contribution >= 4 is 21.8 Å². The third-order valence-electron chi connectivity index (χ3n) is 3.15. The molecule has 1 aliphatic heterocycles. The average Bonchev–Trinajstić information content (AvgIpc) is 2.67. The lowest BCUT2D eigenvalue weighted by Gasteiger charge is -2.34. The molecule has 2 N–H and O–H groups in total. The van der Waals surface area contributed by atoms with Crippen LogP contribution in [0.2, 0.25) is 0 Å². The number of hydrogen-bond acceptors (Lipinski definition) is 3. The van der Waals surface area contributed by atoms with Crippen LogP contribution in [0, 0.1) is 5.92 Å². The molecule has 2 unspecified atom stereocenters. The molecule has 1 saturated heterocycles. The largest absolute Gasteiger partial charge is 0.457 e. The molecule has 0 aromatic carbocycles. The van der Waals surface area contributed by atoms with Crippen molar-refractivity contribution in [1.82, 2.24) is 4.90 Å². The molecule has 5 heteroatoms. The Kier molecular flexibility index (Phi) is 3.35. The Morgan fingerprint density at radius 2 is 2.44 bits per heavy atom. The van der Waals surface area contributed by atoms with Gasteiger partial charge >= 0.3 is 0 Å². The van der Waals surface area contributed by atoms with Gasteiger partial charge in [-0.2, -0.15) is 0 Å². The van der Waals surface area contributed by atoms with Crippen LogP contribution in [0.5, 0.6) is 0 Å². The summed E-state index contributed by atoms with van der Waals surface area (Å²) in [7, 11) is 0. The average molecular weight is 287 g/mol. The lowest BCUT2D eigenvalue weighted by atomic mass is 9.94. The van der Waals surface area contributed by atoms with Gasteiger partial charge in [-0.1, -0.05) is 6.92 Å². The zero-order valence-electron chi connectivity index (χ0n) is 9.15. The zero-order valence-corrected chi connectivity index (χ0v) is 10.7. The second-order valence-corrected chi connectivity index (χ2v) is 5.01. The van der Waals surface area contributed by atoms with Crippen molar-refractivity contribution in [1.29, 1.82) is 0 Å². The van der Waals surface area contributed by atoms with Crippen LogP contribution in [-0.4, -0.2) is 29.9 Å². The predicted octanol–water partition coefficient (Wildman–Crippen LogP) is 1.85. The van der Waals surface area contributed by atoms with Crippen molar-refractivity contribution in [2.45, 2.75) is 19.4 Å². The van der Waals surface area contributed by atoms with Crippen LogP contribution in [0.3, 0.4) is 0 Å². The first-order chi connectivity index (χ1) is 7.59. The molecule has 1 fully saturated rings. The molecule has 0 spiro atoms. The molecule has 1 aromatic heterocycles. The van der Waals surface area contributed by atoms with Gasteiger partial charge in [-0.05, 0) is 34.3 Å². The Labute approximate surface area is 103 Å². The lowest BCUT2D eigenvalue weighted by molar-refractivity contribution is 0.0670. The lowest BCUT2D eigenvalue weighted by Crippen LogP contribution is -2.49. The number of amides is 1. The highest BCUT2D eigenvalue weighted by molar-refractivity contribution is 9.10. The van der Waals surface area contributed by atoms with Gasteiger partial charge in [-0.15, -0.1) is 0 Å². The number of likely N-dealkylation sites (tertiary alicyclic amines) is 1. The molecule has 2 atom stereocenters. The molecule has 0 aliphatic carbocycles. The molecule has 4 nitrogen and oxygen atoms in total. The summed E-state index contributed by atoms with van der Waals surface area (Å²) in [4.78, 5) is 13.9. The minimum Gasteiger partial charge on any atom is -0.457 e. The van der Waals surface area contributed by atoms with E-state index in [0.29, 0.717) is 22.7 Å². The van der Waals surface area contributed by atoms with Gasteiger partial charge in [0.1, 0.15) is 0 Å². The highest BCUT2D eigenvalue weighted by atomic mass is 79.9. The number of nitrogens with zero attached hydrogens (tertiary/aromatic N) is 1. The topological polar surface area (TPSA) is 59.5 Å². The summed E-state index contributed by atoms with van der Waals surface area (Å²) in [5, 5.41) is 0. The summed E-state index contributed by atoms with van der Waals surface area (Å²) < 4.78 is 5.55. The number of carbonyl (C=O) groups is 1. The summed E-state index contributed by atoms with van der Waals surface area (Å²) in [6.45, 7) is 3.52. The van der Waals surface area contributed by atoms with Gasteiger partial charge in [-0.25, -0.2) is 0 Å². The summed E-state index contributed by atoms with van der Waals surface area (Å²) in [6.07, 6.45) is 2.46. The first-order valence-corrected chi connectivity index (χ1v) is 6.16. The molecule has 1 aliphatic rings. The highest BCUT2D eigenvalue weighted by Crippen LogP contribution is 2.22. The number of halogens is 1. The van der Waals surface area contributed by atoms with Crippen LogP contribution in [0.4, 0.5) is 0 Å². The van der Waals surface area contributed by atoms with E-state index in [2.05, 4.69) is 22.9 Å². The van der Waals surface area contributed by atoms with E-state index in [1.807, 2.05) is 0 Å². The Bertz CT molecular complexity index is 391. The Morgan fingerprint density at radius 1 is 1.69 bits per heavy atom. The Morgan fingerprint density at radius 3 is 3.00 bits per heavy atom. The molecule has 88 valence electrons. The molecular formula is C11H15BrN2O2. The molecule has 0 bridgehead atoms. The van der Waals surface area contributed by atoms with E-state index in [1.54, 1.807) is 11.0 Å². The fourth-order valence-electron chi connectivity index (χ4n) is 1.90. The summed E-state index contributed by atoms with van der Waals surface area (Å²) in [5.74, 6) is 0.472. The number of furan rings is 1. The molecule has 16 heavy (non-hydrogen) atoms. The zero-order chi connectivity index (χ0) is 11.7. The molecule has 0 saturated carbocycles. The summed E-state index contributed by atoms with van der Waals surface area (Å²) >= 11 is 3.22. The van der Waals surface area contributed by atoms with Crippen molar-refractivity contribution in [3.05, 3.63) is 22.6 Å². The maximum atomic E-state index is 12.1. The van der Waals surface area contributed by atoms with Gasteiger partial charge in [0, 0.05) is 19.1 Å². The number of piperidine rings is 1. The standard InChI is InChI=1S/C11H15BrN2O2/c1-7-2-4-14(6-9(7)13)11(15)8-3-5-16-10(8)12/h3,5,7,9H,2,4,6,13H2,1H3. The van der Waals surface area contributed by atoms with Crippen LogP contribution >= 0.6 is 15.9 Å². The van der Waals surface area contributed by atoms with E-state index in [0.717, 1.165) is 13.0 Å². The molecular weight excluding hydrogens is 272 g/mol. The number of nitrogens with two attached hydrogens (primary N) is 1. The van der Waals surface area contributed by atoms with Gasteiger partial charge in [0.05, 0.1) is 11.8 Å². The molecule has 1 aromatic rings. The van der Waals surface area contributed by atoms with Crippen molar-refractivity contribution in [2.75, 3.05) is 13.1 Å². The van der Waals surface area contributed by atoms with E-state index < -0.39 is 0 Å². The third kappa shape index (κ3) is 2.15. The van der Waals surface area contributed by atoms with E-state index >= 15 is 0 Å². The summed E-state index contributed by atoms with van der Waals surface area (Å²) in [6, 6.07) is 1.75. The number of carbonyl (C=O) groups excluding carboxylic acids is 1. The predicted molar refractivity (Wildman–Crippen MR) is 64.1 cm³/mol. The fourth-order valence-corrected chi connectivity index (χ4v) is 2.31. The molecule has 1 amide bonds. The fraction of sp³-hybridized carbons (Fsp3) is 0.545. The molecule has 2 heterocycles. The van der Waals surface area contributed by atoms with Crippen molar-refractivity contribution in [3.8, 4) is 0 Å². The van der Waals surface area contributed by atoms with Crippen molar-refractivity contribution in [3.63, 3.8) is 0 Å². The van der Waals surface area contributed by atoms with Gasteiger partial charge in [-0.3, -0.25) is 4.79 Å². The minimum atomic E-state index is -0.0111. The van der Waals surface area contributed by atoms with Crippen LogP contribution in [0.25, 0.3) is 0 Å².